The van der Waals surface area contributed by atoms with Gasteiger partial charge in [0, 0.05) is 26.1 Å². The molecule has 0 aromatic heterocycles. The Labute approximate surface area is 145 Å². The van der Waals surface area contributed by atoms with Gasteiger partial charge >= 0.3 is 0 Å². The SMILES string of the molecule is COCCN(CCc1ccccc1)C(=O)[C@@H]1CCC[C@@H]1CN.Cl. The standard InChI is InChI=1S/C18H28N2O2.ClH/c1-22-13-12-20(11-10-15-6-3-2-4-7-15)18(21)17-9-5-8-16(17)14-19;/h2-4,6-7,16-17H,5,8-14,19H2,1H3;1H/t16-,17-;/m1./s1. The quantitative estimate of drug-likeness (QED) is 0.791. The number of halogens is 1. The van der Waals surface area contributed by atoms with Crippen LogP contribution in [0.5, 0.6) is 0 Å². The Morgan fingerprint density at radius 3 is 2.65 bits per heavy atom. The predicted octanol–water partition coefficient (Wildman–Crippen LogP) is 2.50. The summed E-state index contributed by atoms with van der Waals surface area (Å²) in [4.78, 5) is 14.8. The van der Waals surface area contributed by atoms with Gasteiger partial charge in [0.1, 0.15) is 0 Å². The number of benzene rings is 1. The largest absolute Gasteiger partial charge is 0.383 e. The molecule has 1 aromatic carbocycles. The summed E-state index contributed by atoms with van der Waals surface area (Å²) in [7, 11) is 1.68. The van der Waals surface area contributed by atoms with Crippen molar-refractivity contribution in [3.63, 3.8) is 0 Å². The van der Waals surface area contributed by atoms with Crippen molar-refractivity contribution in [3.8, 4) is 0 Å². The van der Waals surface area contributed by atoms with E-state index in [-0.39, 0.29) is 24.2 Å². The van der Waals surface area contributed by atoms with Crippen LogP contribution < -0.4 is 5.73 Å². The molecule has 0 saturated heterocycles. The fourth-order valence-electron chi connectivity index (χ4n) is 3.32. The molecule has 1 saturated carbocycles. The van der Waals surface area contributed by atoms with Crippen molar-refractivity contribution in [3.05, 3.63) is 35.9 Å². The third-order valence-corrected chi connectivity index (χ3v) is 4.67. The lowest BCUT2D eigenvalue weighted by Crippen LogP contribution is -2.41. The molecule has 0 unspecified atom stereocenters. The summed E-state index contributed by atoms with van der Waals surface area (Å²) in [6.07, 6.45) is 4.07. The molecule has 0 aliphatic heterocycles. The third kappa shape index (κ3) is 5.79. The second-order valence-electron chi connectivity index (χ2n) is 6.09. The molecule has 4 nitrogen and oxygen atoms in total. The molecule has 0 heterocycles. The monoisotopic (exact) mass is 340 g/mol. The van der Waals surface area contributed by atoms with Crippen LogP contribution in [0.3, 0.4) is 0 Å². The van der Waals surface area contributed by atoms with Gasteiger partial charge in [0.2, 0.25) is 5.91 Å². The van der Waals surface area contributed by atoms with E-state index in [1.54, 1.807) is 7.11 Å². The molecule has 0 bridgehead atoms. The summed E-state index contributed by atoms with van der Waals surface area (Å²) in [5.74, 6) is 0.729. The van der Waals surface area contributed by atoms with Crippen molar-refractivity contribution < 1.29 is 9.53 Å². The van der Waals surface area contributed by atoms with Gasteiger partial charge in [0.25, 0.3) is 0 Å². The summed E-state index contributed by atoms with van der Waals surface area (Å²) < 4.78 is 5.17. The first-order valence-corrected chi connectivity index (χ1v) is 8.28. The lowest BCUT2D eigenvalue weighted by molar-refractivity contribution is -0.137. The number of carbonyl (C=O) groups is 1. The normalized spacial score (nSPS) is 20.1. The highest BCUT2D eigenvalue weighted by molar-refractivity contribution is 5.85. The Kier molecular flexibility index (Phi) is 9.22. The van der Waals surface area contributed by atoms with Crippen LogP contribution in [0.1, 0.15) is 24.8 Å². The molecule has 1 fully saturated rings. The van der Waals surface area contributed by atoms with Crippen LogP contribution in [0.15, 0.2) is 30.3 Å². The third-order valence-electron chi connectivity index (χ3n) is 4.67. The van der Waals surface area contributed by atoms with Crippen LogP contribution >= 0.6 is 12.4 Å². The second kappa shape index (κ2) is 10.6. The summed E-state index contributed by atoms with van der Waals surface area (Å²) >= 11 is 0. The number of amides is 1. The fourth-order valence-corrected chi connectivity index (χ4v) is 3.32. The summed E-state index contributed by atoms with van der Waals surface area (Å²) in [5, 5.41) is 0. The predicted molar refractivity (Wildman–Crippen MR) is 95.7 cm³/mol. The van der Waals surface area contributed by atoms with Crippen molar-refractivity contribution in [1.82, 2.24) is 4.90 Å². The molecule has 2 rings (SSSR count). The van der Waals surface area contributed by atoms with Gasteiger partial charge in [-0.15, -0.1) is 12.4 Å². The van der Waals surface area contributed by atoms with Gasteiger partial charge in [-0.1, -0.05) is 36.8 Å². The number of carbonyl (C=O) groups excluding carboxylic acids is 1. The van der Waals surface area contributed by atoms with Gasteiger partial charge in [-0.25, -0.2) is 0 Å². The first kappa shape index (κ1) is 19.9. The molecule has 0 spiro atoms. The lowest BCUT2D eigenvalue weighted by Gasteiger charge is -2.28. The molecule has 1 amide bonds. The second-order valence-corrected chi connectivity index (χ2v) is 6.09. The van der Waals surface area contributed by atoms with E-state index in [0.717, 1.165) is 32.2 Å². The highest BCUT2D eigenvalue weighted by atomic mass is 35.5. The Bertz CT molecular complexity index is 456. The molecule has 0 radical (unpaired) electrons. The van der Waals surface area contributed by atoms with E-state index in [0.29, 0.717) is 25.6 Å². The van der Waals surface area contributed by atoms with E-state index in [2.05, 4.69) is 12.1 Å². The molecule has 130 valence electrons. The summed E-state index contributed by atoms with van der Waals surface area (Å²) in [6, 6.07) is 10.3. The van der Waals surface area contributed by atoms with Crippen LogP contribution in [-0.4, -0.2) is 44.2 Å². The Morgan fingerprint density at radius 1 is 1.26 bits per heavy atom. The number of hydrogen-bond acceptors (Lipinski definition) is 3. The van der Waals surface area contributed by atoms with Crippen molar-refractivity contribution in [1.29, 1.82) is 0 Å². The van der Waals surface area contributed by atoms with E-state index >= 15 is 0 Å². The molecule has 1 aromatic rings. The minimum atomic E-state index is 0. The number of hydrogen-bond donors (Lipinski definition) is 1. The molecular formula is C18H29ClN2O2. The van der Waals surface area contributed by atoms with E-state index < -0.39 is 0 Å². The van der Waals surface area contributed by atoms with Gasteiger partial charge in [0.05, 0.1) is 6.61 Å². The Balaban J connectivity index is 0.00000264. The molecule has 1 aliphatic rings. The Morgan fingerprint density at radius 2 is 2.00 bits per heavy atom. The van der Waals surface area contributed by atoms with Gasteiger partial charge in [-0.05, 0) is 37.3 Å². The smallest absolute Gasteiger partial charge is 0.226 e. The zero-order valence-corrected chi connectivity index (χ0v) is 14.8. The van der Waals surface area contributed by atoms with Crippen LogP contribution in [0.4, 0.5) is 0 Å². The first-order valence-electron chi connectivity index (χ1n) is 8.28. The molecule has 2 N–H and O–H groups in total. The van der Waals surface area contributed by atoms with E-state index in [1.807, 2.05) is 23.1 Å². The van der Waals surface area contributed by atoms with Crippen LogP contribution in [-0.2, 0) is 16.0 Å². The average Bonchev–Trinajstić information content (AvgIpc) is 3.04. The van der Waals surface area contributed by atoms with E-state index in [4.69, 9.17) is 10.5 Å². The van der Waals surface area contributed by atoms with Crippen molar-refractivity contribution in [2.24, 2.45) is 17.6 Å². The maximum Gasteiger partial charge on any atom is 0.226 e. The number of methoxy groups -OCH3 is 1. The van der Waals surface area contributed by atoms with Gasteiger partial charge in [-0.3, -0.25) is 4.79 Å². The Hall–Kier alpha value is -1.10. The molecule has 5 heteroatoms. The highest BCUT2D eigenvalue weighted by Crippen LogP contribution is 2.32. The maximum absolute atomic E-state index is 12.9. The molecule has 2 atom stereocenters. The minimum absolute atomic E-state index is 0. The van der Waals surface area contributed by atoms with E-state index in [1.165, 1.54) is 5.56 Å². The zero-order chi connectivity index (χ0) is 15.8. The topological polar surface area (TPSA) is 55.6 Å². The van der Waals surface area contributed by atoms with Gasteiger partial charge in [0.15, 0.2) is 0 Å². The zero-order valence-electron chi connectivity index (χ0n) is 13.9. The van der Waals surface area contributed by atoms with Crippen molar-refractivity contribution in [2.45, 2.75) is 25.7 Å². The van der Waals surface area contributed by atoms with Crippen LogP contribution in [0, 0.1) is 11.8 Å². The molecule has 23 heavy (non-hydrogen) atoms. The summed E-state index contributed by atoms with van der Waals surface area (Å²) in [5.41, 5.74) is 7.10. The van der Waals surface area contributed by atoms with Crippen molar-refractivity contribution >= 4 is 18.3 Å². The fraction of sp³-hybridized carbons (Fsp3) is 0.611. The van der Waals surface area contributed by atoms with Gasteiger partial charge < -0.3 is 15.4 Å². The molecule has 1 aliphatic carbocycles. The lowest BCUT2D eigenvalue weighted by atomic mass is 9.94. The minimum Gasteiger partial charge on any atom is -0.383 e. The van der Waals surface area contributed by atoms with Crippen molar-refractivity contribution in [2.75, 3.05) is 33.4 Å². The number of rotatable bonds is 8. The van der Waals surface area contributed by atoms with Crippen LogP contribution in [0.25, 0.3) is 0 Å². The maximum atomic E-state index is 12.9. The number of nitrogens with zero attached hydrogens (tertiary/aromatic N) is 1. The van der Waals surface area contributed by atoms with Gasteiger partial charge in [-0.2, -0.15) is 0 Å². The van der Waals surface area contributed by atoms with E-state index in [9.17, 15) is 4.79 Å². The number of ether oxygens (including phenoxy) is 1. The number of nitrogens with two attached hydrogens (primary N) is 1. The first-order chi connectivity index (χ1) is 10.8. The summed E-state index contributed by atoms with van der Waals surface area (Å²) in [6.45, 7) is 2.61. The average molecular weight is 341 g/mol. The highest BCUT2D eigenvalue weighted by Gasteiger charge is 2.34. The molecular weight excluding hydrogens is 312 g/mol. The van der Waals surface area contributed by atoms with Crippen LogP contribution in [0.2, 0.25) is 0 Å².